The third kappa shape index (κ3) is 5.30. The van der Waals surface area contributed by atoms with Gasteiger partial charge in [0.15, 0.2) is 0 Å². The molecule has 0 saturated carbocycles. The van der Waals surface area contributed by atoms with E-state index >= 15 is 0 Å². The molecule has 5 heteroatoms. The van der Waals surface area contributed by atoms with Crippen LogP contribution in [0.1, 0.15) is 40.0 Å². The lowest BCUT2D eigenvalue weighted by Gasteiger charge is -2.31. The third-order valence-electron chi connectivity index (χ3n) is 5.82. The predicted molar refractivity (Wildman–Crippen MR) is 128 cm³/mol. The number of pyridine rings is 1. The molecule has 3 aromatic rings. The quantitative estimate of drug-likeness (QED) is 0.622. The van der Waals surface area contributed by atoms with Gasteiger partial charge in [0.05, 0.1) is 5.69 Å². The number of aryl methyl sites for hydroxylation is 1. The van der Waals surface area contributed by atoms with Gasteiger partial charge in [0.2, 0.25) is 5.91 Å². The van der Waals surface area contributed by atoms with Crippen LogP contribution in [0.3, 0.4) is 0 Å². The summed E-state index contributed by atoms with van der Waals surface area (Å²) in [7, 11) is 0. The summed E-state index contributed by atoms with van der Waals surface area (Å²) in [4.78, 5) is 31.8. The number of rotatable bonds is 5. The van der Waals surface area contributed by atoms with Crippen molar-refractivity contribution in [2.45, 2.75) is 19.8 Å². The highest BCUT2D eigenvalue weighted by atomic mass is 16.2. The predicted octanol–water partition coefficient (Wildman–Crippen LogP) is 5.05. The van der Waals surface area contributed by atoms with Gasteiger partial charge in [-0.1, -0.05) is 42.5 Å². The Morgan fingerprint density at radius 1 is 0.969 bits per heavy atom. The minimum Gasteiger partial charge on any atom is -0.339 e. The number of hydrogen-bond acceptors (Lipinski definition) is 3. The zero-order valence-corrected chi connectivity index (χ0v) is 18.2. The van der Waals surface area contributed by atoms with Gasteiger partial charge < -0.3 is 10.2 Å². The lowest BCUT2D eigenvalue weighted by Crippen LogP contribution is -2.41. The number of aromatic nitrogens is 1. The molecule has 2 amide bonds. The first kappa shape index (κ1) is 21.5. The molecule has 0 bridgehead atoms. The maximum Gasteiger partial charge on any atom is 0.254 e. The van der Waals surface area contributed by atoms with Crippen molar-refractivity contribution in [3.05, 3.63) is 95.3 Å². The molecule has 32 heavy (non-hydrogen) atoms. The van der Waals surface area contributed by atoms with E-state index in [0.717, 1.165) is 28.1 Å². The topological polar surface area (TPSA) is 62.3 Å². The van der Waals surface area contributed by atoms with Gasteiger partial charge in [-0.25, -0.2) is 0 Å². The fourth-order valence-electron chi connectivity index (χ4n) is 3.95. The third-order valence-corrected chi connectivity index (χ3v) is 5.82. The highest BCUT2D eigenvalue weighted by Gasteiger charge is 2.28. The SMILES string of the molecule is Cc1ccccc1C(=O)N1CCC(C(=O)Nc2cccc(/C=C/c3ccccn3)c2)CC1. The molecule has 2 heterocycles. The van der Waals surface area contributed by atoms with E-state index in [1.807, 2.05) is 90.7 Å². The van der Waals surface area contributed by atoms with Gasteiger partial charge in [-0.2, -0.15) is 0 Å². The first-order valence-corrected chi connectivity index (χ1v) is 10.9. The van der Waals surface area contributed by atoms with E-state index in [2.05, 4.69) is 10.3 Å². The molecule has 1 N–H and O–H groups in total. The molecule has 162 valence electrons. The number of likely N-dealkylation sites (tertiary alicyclic amines) is 1. The molecule has 0 spiro atoms. The number of benzene rings is 2. The van der Waals surface area contributed by atoms with Gasteiger partial charge in [-0.05, 0) is 67.3 Å². The summed E-state index contributed by atoms with van der Waals surface area (Å²) in [5.41, 5.74) is 4.37. The Morgan fingerprint density at radius 2 is 1.75 bits per heavy atom. The molecule has 1 fully saturated rings. The van der Waals surface area contributed by atoms with E-state index in [4.69, 9.17) is 0 Å². The van der Waals surface area contributed by atoms with E-state index in [9.17, 15) is 9.59 Å². The average molecular weight is 426 g/mol. The molecular formula is C27H27N3O2. The highest BCUT2D eigenvalue weighted by molar-refractivity contribution is 5.96. The molecule has 0 unspecified atom stereocenters. The number of nitrogens with zero attached hydrogens (tertiary/aromatic N) is 2. The fourth-order valence-corrected chi connectivity index (χ4v) is 3.95. The van der Waals surface area contributed by atoms with Gasteiger partial charge in [-0.3, -0.25) is 14.6 Å². The average Bonchev–Trinajstić information content (AvgIpc) is 2.84. The lowest BCUT2D eigenvalue weighted by atomic mass is 9.95. The minimum atomic E-state index is -0.0939. The van der Waals surface area contributed by atoms with Crippen molar-refractivity contribution in [1.29, 1.82) is 0 Å². The normalized spacial score (nSPS) is 14.5. The van der Waals surface area contributed by atoms with E-state index < -0.39 is 0 Å². The van der Waals surface area contributed by atoms with E-state index in [1.165, 1.54) is 0 Å². The van der Waals surface area contributed by atoms with E-state index in [0.29, 0.717) is 25.9 Å². The smallest absolute Gasteiger partial charge is 0.254 e. The van der Waals surface area contributed by atoms with Crippen molar-refractivity contribution >= 4 is 29.7 Å². The van der Waals surface area contributed by atoms with Crippen LogP contribution in [0.25, 0.3) is 12.2 Å². The molecule has 4 rings (SSSR count). The van der Waals surface area contributed by atoms with Crippen molar-refractivity contribution < 1.29 is 9.59 Å². The molecular weight excluding hydrogens is 398 g/mol. The molecule has 0 aliphatic carbocycles. The van der Waals surface area contributed by atoms with Crippen molar-refractivity contribution in [1.82, 2.24) is 9.88 Å². The van der Waals surface area contributed by atoms with E-state index in [1.54, 1.807) is 6.20 Å². The Morgan fingerprint density at radius 3 is 2.50 bits per heavy atom. The second-order valence-corrected chi connectivity index (χ2v) is 8.08. The molecule has 1 saturated heterocycles. The fraction of sp³-hybridized carbons (Fsp3) is 0.222. The van der Waals surface area contributed by atoms with Crippen LogP contribution in [-0.2, 0) is 4.79 Å². The number of piperidine rings is 1. The van der Waals surface area contributed by atoms with Crippen LogP contribution in [0.2, 0.25) is 0 Å². The molecule has 5 nitrogen and oxygen atoms in total. The molecule has 0 atom stereocenters. The van der Waals surface area contributed by atoms with Crippen LogP contribution in [0.4, 0.5) is 5.69 Å². The van der Waals surface area contributed by atoms with Crippen molar-refractivity contribution in [3.63, 3.8) is 0 Å². The second-order valence-electron chi connectivity index (χ2n) is 8.08. The van der Waals surface area contributed by atoms with Crippen LogP contribution in [0.15, 0.2) is 72.9 Å². The summed E-state index contributed by atoms with van der Waals surface area (Å²) < 4.78 is 0. The van der Waals surface area contributed by atoms with Crippen LogP contribution >= 0.6 is 0 Å². The largest absolute Gasteiger partial charge is 0.339 e. The van der Waals surface area contributed by atoms with Crippen molar-refractivity contribution in [2.75, 3.05) is 18.4 Å². The van der Waals surface area contributed by atoms with Crippen LogP contribution in [0, 0.1) is 12.8 Å². The molecule has 2 aromatic carbocycles. The molecule has 1 aromatic heterocycles. The minimum absolute atomic E-state index is 0.0128. The van der Waals surface area contributed by atoms with Crippen LogP contribution in [0.5, 0.6) is 0 Å². The standard InChI is InChI=1S/C27H27N3O2/c1-20-7-2-3-11-25(20)27(32)30-17-14-22(15-18-30)26(31)29-24-10-6-8-21(19-24)12-13-23-9-4-5-16-28-23/h2-13,16,19,22H,14-15,17-18H2,1H3,(H,29,31)/b13-12+. The highest BCUT2D eigenvalue weighted by Crippen LogP contribution is 2.22. The number of hydrogen-bond donors (Lipinski definition) is 1. The summed E-state index contributed by atoms with van der Waals surface area (Å²) in [6, 6.07) is 21.2. The number of nitrogens with one attached hydrogen (secondary N) is 1. The zero-order valence-electron chi connectivity index (χ0n) is 18.2. The van der Waals surface area contributed by atoms with E-state index in [-0.39, 0.29) is 17.7 Å². The van der Waals surface area contributed by atoms with Gasteiger partial charge in [-0.15, -0.1) is 0 Å². The lowest BCUT2D eigenvalue weighted by molar-refractivity contribution is -0.121. The molecule has 1 aliphatic rings. The molecule has 0 radical (unpaired) electrons. The van der Waals surface area contributed by atoms with Gasteiger partial charge in [0, 0.05) is 36.5 Å². The van der Waals surface area contributed by atoms with Gasteiger partial charge in [0.25, 0.3) is 5.91 Å². The Bertz CT molecular complexity index is 1120. The Labute approximate surface area is 188 Å². The maximum absolute atomic E-state index is 12.8. The first-order valence-electron chi connectivity index (χ1n) is 10.9. The number of carbonyl (C=O) groups is 2. The maximum atomic E-state index is 12.8. The summed E-state index contributed by atoms with van der Waals surface area (Å²) in [5, 5.41) is 3.04. The Balaban J connectivity index is 1.33. The zero-order chi connectivity index (χ0) is 22.3. The van der Waals surface area contributed by atoms with Crippen molar-refractivity contribution in [3.8, 4) is 0 Å². The Hall–Kier alpha value is -3.73. The first-order chi connectivity index (χ1) is 15.6. The van der Waals surface area contributed by atoms with Gasteiger partial charge in [0.1, 0.15) is 0 Å². The number of amides is 2. The summed E-state index contributed by atoms with van der Waals surface area (Å²) in [6.07, 6.45) is 7.03. The second kappa shape index (κ2) is 10.1. The monoisotopic (exact) mass is 425 g/mol. The van der Waals surface area contributed by atoms with Crippen LogP contribution in [-0.4, -0.2) is 34.8 Å². The van der Waals surface area contributed by atoms with Crippen LogP contribution < -0.4 is 5.32 Å². The van der Waals surface area contributed by atoms with Gasteiger partial charge >= 0.3 is 0 Å². The summed E-state index contributed by atoms with van der Waals surface area (Å²) in [6.45, 7) is 3.14. The Kier molecular flexibility index (Phi) is 6.75. The van der Waals surface area contributed by atoms with Crippen molar-refractivity contribution in [2.24, 2.45) is 5.92 Å². The number of anilines is 1. The number of carbonyl (C=O) groups excluding carboxylic acids is 2. The molecule has 1 aliphatic heterocycles. The summed E-state index contributed by atoms with van der Waals surface area (Å²) >= 11 is 0. The summed E-state index contributed by atoms with van der Waals surface area (Å²) in [5.74, 6) is -0.0307.